The second-order valence-electron chi connectivity index (χ2n) is 9.07. The van der Waals surface area contributed by atoms with Gasteiger partial charge in [0.05, 0.1) is 11.6 Å². The molecule has 1 amide bonds. The first-order valence-electron chi connectivity index (χ1n) is 12.5. The van der Waals surface area contributed by atoms with Crippen molar-refractivity contribution < 1.29 is 14.7 Å². The number of rotatable bonds is 12. The van der Waals surface area contributed by atoms with Crippen LogP contribution in [-0.4, -0.2) is 52.8 Å². The topological polar surface area (TPSA) is 60.9 Å². The minimum absolute atomic E-state index is 0.0420. The smallest absolute Gasteiger partial charge is 0.295 e. The van der Waals surface area contributed by atoms with Gasteiger partial charge in [0.2, 0.25) is 0 Å². The molecule has 2 aromatic rings. The molecule has 0 bridgehead atoms. The van der Waals surface area contributed by atoms with E-state index >= 15 is 0 Å². The number of hydrogen-bond donors (Lipinski definition) is 1. The van der Waals surface area contributed by atoms with E-state index in [1.54, 1.807) is 47.4 Å². The molecule has 1 fully saturated rings. The number of halogens is 3. The van der Waals surface area contributed by atoms with Crippen molar-refractivity contribution in [2.75, 3.05) is 26.2 Å². The third kappa shape index (κ3) is 6.91. The largest absolute Gasteiger partial charge is 0.507 e. The summed E-state index contributed by atoms with van der Waals surface area (Å²) >= 11 is 16.1. The molecule has 0 radical (unpaired) electrons. The number of aliphatic hydroxyl groups excluding tert-OH is 1. The molecule has 5 nitrogen and oxygen atoms in total. The highest BCUT2D eigenvalue weighted by atomic mass is 79.9. The Morgan fingerprint density at radius 2 is 1.58 bits per heavy atom. The predicted octanol–water partition coefficient (Wildman–Crippen LogP) is 7.47. The third-order valence-corrected chi connectivity index (χ3v) is 7.53. The maximum Gasteiger partial charge on any atom is 0.295 e. The number of nitrogens with zero attached hydrogens (tertiary/aromatic N) is 2. The number of carbonyl (C=O) groups excluding carboxylic acids is 2. The average molecular weight is 596 g/mol. The second-order valence-corrected chi connectivity index (χ2v) is 10.8. The van der Waals surface area contributed by atoms with E-state index in [1.165, 1.54) is 0 Å². The highest BCUT2D eigenvalue weighted by Gasteiger charge is 2.46. The quantitative estimate of drug-likeness (QED) is 0.157. The minimum Gasteiger partial charge on any atom is -0.507 e. The van der Waals surface area contributed by atoms with Gasteiger partial charge in [-0.3, -0.25) is 9.59 Å². The van der Waals surface area contributed by atoms with Gasteiger partial charge in [0.15, 0.2) is 0 Å². The van der Waals surface area contributed by atoms with Crippen LogP contribution in [0.5, 0.6) is 0 Å². The zero-order valence-corrected chi connectivity index (χ0v) is 23.9. The van der Waals surface area contributed by atoms with E-state index in [1.807, 2.05) is 0 Å². The fraction of sp³-hybridized carbons (Fsp3) is 0.429. The molecule has 0 aliphatic carbocycles. The highest BCUT2D eigenvalue weighted by molar-refractivity contribution is 9.10. The molecule has 1 aliphatic rings. The van der Waals surface area contributed by atoms with Gasteiger partial charge in [-0.2, -0.15) is 0 Å². The molecule has 1 atom stereocenters. The molecular formula is C28H33BrCl2N2O3. The normalized spacial score (nSPS) is 17.4. The SMILES string of the molecule is CCCCN(CCCC)CCCN1C(=O)C(=O)C(=C(O)c2ccc(Br)cc2)[C@H]1c1ccc(Cl)cc1Cl. The van der Waals surface area contributed by atoms with Gasteiger partial charge in [0.25, 0.3) is 11.7 Å². The number of ketones is 1. The molecule has 1 heterocycles. The van der Waals surface area contributed by atoms with Crippen LogP contribution < -0.4 is 0 Å². The van der Waals surface area contributed by atoms with Crippen molar-refractivity contribution in [1.82, 2.24) is 9.80 Å². The van der Waals surface area contributed by atoms with Gasteiger partial charge in [-0.15, -0.1) is 0 Å². The Kier molecular flexibility index (Phi) is 10.9. The summed E-state index contributed by atoms with van der Waals surface area (Å²) in [6.07, 6.45) is 5.22. The second kappa shape index (κ2) is 13.6. The van der Waals surface area contributed by atoms with E-state index in [2.05, 4.69) is 34.7 Å². The first kappa shape index (κ1) is 28.7. The Hall–Kier alpha value is -1.86. The van der Waals surface area contributed by atoms with Crippen molar-refractivity contribution in [3.05, 3.63) is 73.7 Å². The van der Waals surface area contributed by atoms with Crippen molar-refractivity contribution in [3.8, 4) is 0 Å². The standard InChI is InChI=1S/C28H33BrCl2N2O3/c1-3-5-14-32(15-6-4-2)16-7-17-33-25(22-13-12-21(30)18-23(22)31)24(27(35)28(33)36)26(34)19-8-10-20(29)11-9-19/h8-13,18,25,34H,3-7,14-17H2,1-2H3/t25-/m1/s1. The van der Waals surface area contributed by atoms with E-state index < -0.39 is 17.7 Å². The van der Waals surface area contributed by atoms with Gasteiger partial charge in [-0.1, -0.05) is 84.0 Å². The number of hydrogen-bond acceptors (Lipinski definition) is 4. The Bertz CT molecular complexity index is 1100. The van der Waals surface area contributed by atoms with Gasteiger partial charge in [0, 0.05) is 26.6 Å². The third-order valence-electron chi connectivity index (χ3n) is 6.44. The first-order chi connectivity index (χ1) is 17.3. The number of likely N-dealkylation sites (tertiary alicyclic amines) is 1. The summed E-state index contributed by atoms with van der Waals surface area (Å²) in [7, 11) is 0. The van der Waals surface area contributed by atoms with Crippen LogP contribution >= 0.6 is 39.1 Å². The molecule has 0 spiro atoms. The summed E-state index contributed by atoms with van der Waals surface area (Å²) in [6, 6.07) is 11.2. The first-order valence-corrected chi connectivity index (χ1v) is 14.0. The van der Waals surface area contributed by atoms with Gasteiger partial charge in [-0.25, -0.2) is 0 Å². The fourth-order valence-electron chi connectivity index (χ4n) is 4.48. The van der Waals surface area contributed by atoms with Crippen LogP contribution in [0.25, 0.3) is 5.76 Å². The lowest BCUT2D eigenvalue weighted by Crippen LogP contribution is -2.34. The number of Topliss-reactive ketones (excluding diaryl/α,β-unsaturated/α-hetero) is 1. The molecule has 1 N–H and O–H groups in total. The molecule has 0 unspecified atom stereocenters. The molecule has 36 heavy (non-hydrogen) atoms. The molecule has 0 saturated carbocycles. The highest BCUT2D eigenvalue weighted by Crippen LogP contribution is 2.42. The molecule has 8 heteroatoms. The number of carbonyl (C=O) groups is 2. The van der Waals surface area contributed by atoms with Crippen LogP contribution in [0.15, 0.2) is 52.5 Å². The van der Waals surface area contributed by atoms with Crippen LogP contribution in [0.3, 0.4) is 0 Å². The van der Waals surface area contributed by atoms with Crippen LogP contribution in [0.1, 0.15) is 63.1 Å². The summed E-state index contributed by atoms with van der Waals surface area (Å²) < 4.78 is 0.840. The number of unbranched alkanes of at least 4 members (excludes halogenated alkanes) is 2. The van der Waals surface area contributed by atoms with Crippen molar-refractivity contribution in [1.29, 1.82) is 0 Å². The molecule has 2 aromatic carbocycles. The number of amides is 1. The molecule has 0 aromatic heterocycles. The van der Waals surface area contributed by atoms with Crippen molar-refractivity contribution in [2.45, 2.75) is 52.0 Å². The van der Waals surface area contributed by atoms with Crippen LogP contribution in [0.4, 0.5) is 0 Å². The van der Waals surface area contributed by atoms with Gasteiger partial charge < -0.3 is 14.9 Å². The minimum atomic E-state index is -0.793. The van der Waals surface area contributed by atoms with Gasteiger partial charge in [-0.05, 0) is 68.7 Å². The molecule has 3 rings (SSSR count). The number of benzene rings is 2. The Labute approximate surface area is 232 Å². The Balaban J connectivity index is 1.95. The van der Waals surface area contributed by atoms with Crippen LogP contribution in [0, 0.1) is 0 Å². The van der Waals surface area contributed by atoms with Gasteiger partial charge >= 0.3 is 0 Å². The molecular weight excluding hydrogens is 563 g/mol. The van der Waals surface area contributed by atoms with E-state index in [0.717, 1.165) is 49.8 Å². The molecule has 194 valence electrons. The summed E-state index contributed by atoms with van der Waals surface area (Å²) in [6.45, 7) is 7.60. The van der Waals surface area contributed by atoms with Crippen LogP contribution in [-0.2, 0) is 9.59 Å². The maximum atomic E-state index is 13.2. The summed E-state index contributed by atoms with van der Waals surface area (Å²) in [4.78, 5) is 30.4. The zero-order chi connectivity index (χ0) is 26.2. The van der Waals surface area contributed by atoms with E-state index in [4.69, 9.17) is 23.2 Å². The summed E-state index contributed by atoms with van der Waals surface area (Å²) in [5, 5.41) is 12.0. The Morgan fingerprint density at radius 1 is 0.972 bits per heavy atom. The van der Waals surface area contributed by atoms with E-state index in [-0.39, 0.29) is 11.3 Å². The lowest BCUT2D eigenvalue weighted by atomic mass is 9.95. The van der Waals surface area contributed by atoms with Crippen LogP contribution in [0.2, 0.25) is 10.0 Å². The fourth-order valence-corrected chi connectivity index (χ4v) is 5.26. The van der Waals surface area contributed by atoms with Crippen molar-refractivity contribution >= 4 is 56.6 Å². The zero-order valence-electron chi connectivity index (χ0n) is 20.8. The predicted molar refractivity (Wildman–Crippen MR) is 150 cm³/mol. The average Bonchev–Trinajstić information content (AvgIpc) is 3.10. The molecule has 1 saturated heterocycles. The summed E-state index contributed by atoms with van der Waals surface area (Å²) in [5.41, 5.74) is 1.06. The monoisotopic (exact) mass is 594 g/mol. The van der Waals surface area contributed by atoms with E-state index in [0.29, 0.717) is 34.1 Å². The van der Waals surface area contributed by atoms with Gasteiger partial charge in [0.1, 0.15) is 5.76 Å². The lowest BCUT2D eigenvalue weighted by molar-refractivity contribution is -0.140. The number of aliphatic hydroxyl groups is 1. The van der Waals surface area contributed by atoms with Crippen molar-refractivity contribution in [3.63, 3.8) is 0 Å². The molecule has 1 aliphatic heterocycles. The summed E-state index contributed by atoms with van der Waals surface area (Å²) in [5.74, 6) is -1.55. The lowest BCUT2D eigenvalue weighted by Gasteiger charge is -2.28. The Morgan fingerprint density at radius 3 is 2.17 bits per heavy atom. The maximum absolute atomic E-state index is 13.2. The van der Waals surface area contributed by atoms with E-state index in [9.17, 15) is 14.7 Å². The van der Waals surface area contributed by atoms with Crippen molar-refractivity contribution in [2.24, 2.45) is 0 Å².